The molecule has 2 unspecified atom stereocenters. The Bertz CT molecular complexity index is 410. The maximum atomic E-state index is 13.3. The smallest absolute Gasteiger partial charge is 0.254 e. The van der Waals surface area contributed by atoms with Gasteiger partial charge < -0.3 is 11.1 Å². The van der Waals surface area contributed by atoms with Crippen molar-refractivity contribution in [3.63, 3.8) is 0 Å². The van der Waals surface area contributed by atoms with Gasteiger partial charge in [-0.15, -0.1) is 0 Å². The summed E-state index contributed by atoms with van der Waals surface area (Å²) in [6.45, 7) is 0.564. The minimum atomic E-state index is -0.590. The zero-order valence-electron chi connectivity index (χ0n) is 9.53. The van der Waals surface area contributed by atoms with E-state index in [0.717, 1.165) is 25.5 Å². The highest BCUT2D eigenvalue weighted by Crippen LogP contribution is 2.23. The topological polar surface area (TPSA) is 68.0 Å². The van der Waals surface area contributed by atoms with Crippen LogP contribution in [0.1, 0.15) is 29.6 Å². The van der Waals surface area contributed by atoms with Crippen molar-refractivity contribution >= 4 is 5.91 Å². The largest absolute Gasteiger partial charge is 0.352 e. The lowest BCUT2D eigenvalue weighted by Gasteiger charge is -2.11. The average molecular weight is 237 g/mol. The Labute approximate surface area is 99.4 Å². The van der Waals surface area contributed by atoms with E-state index in [-0.39, 0.29) is 17.5 Å². The number of nitrogens with one attached hydrogen (secondary N) is 1. The van der Waals surface area contributed by atoms with E-state index in [2.05, 4.69) is 10.3 Å². The second kappa shape index (κ2) is 5.23. The Morgan fingerprint density at radius 3 is 3.06 bits per heavy atom. The van der Waals surface area contributed by atoms with Crippen molar-refractivity contribution in [2.75, 3.05) is 6.54 Å². The summed E-state index contributed by atoms with van der Waals surface area (Å²) in [6.07, 6.45) is 5.41. The number of hydrogen-bond donors (Lipinski definition) is 2. The molecule has 0 bridgehead atoms. The first-order chi connectivity index (χ1) is 8.16. The van der Waals surface area contributed by atoms with Gasteiger partial charge in [-0.05, 0) is 31.2 Å². The zero-order chi connectivity index (χ0) is 12.3. The summed E-state index contributed by atoms with van der Waals surface area (Å²) in [5.41, 5.74) is 5.83. The van der Waals surface area contributed by atoms with Crippen molar-refractivity contribution in [1.29, 1.82) is 0 Å². The molecule has 0 aliphatic heterocycles. The molecule has 1 amide bonds. The van der Waals surface area contributed by atoms with Gasteiger partial charge in [0.05, 0.1) is 11.8 Å². The van der Waals surface area contributed by atoms with E-state index in [1.165, 1.54) is 12.3 Å². The summed E-state index contributed by atoms with van der Waals surface area (Å²) in [4.78, 5) is 15.3. The quantitative estimate of drug-likeness (QED) is 0.826. The summed E-state index contributed by atoms with van der Waals surface area (Å²) in [5.74, 6) is -0.558. The van der Waals surface area contributed by atoms with Crippen LogP contribution in [0.5, 0.6) is 0 Å². The van der Waals surface area contributed by atoms with Gasteiger partial charge >= 0.3 is 0 Å². The van der Waals surface area contributed by atoms with E-state index in [0.29, 0.717) is 12.5 Å². The SMILES string of the molecule is NC1CCC(CNC(=O)c2ccncc2F)C1. The van der Waals surface area contributed by atoms with Crippen molar-refractivity contribution in [2.45, 2.75) is 25.3 Å². The van der Waals surface area contributed by atoms with Gasteiger partial charge in [-0.3, -0.25) is 9.78 Å². The molecule has 0 radical (unpaired) electrons. The third-order valence-corrected chi connectivity index (χ3v) is 3.15. The van der Waals surface area contributed by atoms with Crippen molar-refractivity contribution < 1.29 is 9.18 Å². The molecule has 1 aromatic rings. The Balaban J connectivity index is 1.88. The Hall–Kier alpha value is -1.49. The highest BCUT2D eigenvalue weighted by atomic mass is 19.1. The minimum absolute atomic E-state index is 0.0438. The van der Waals surface area contributed by atoms with Crippen LogP contribution in [0.3, 0.4) is 0 Å². The van der Waals surface area contributed by atoms with E-state index < -0.39 is 5.82 Å². The second-order valence-corrected chi connectivity index (χ2v) is 4.50. The fraction of sp³-hybridized carbons (Fsp3) is 0.500. The molecule has 1 aliphatic carbocycles. The van der Waals surface area contributed by atoms with Crippen LogP contribution in [0.2, 0.25) is 0 Å². The van der Waals surface area contributed by atoms with Gasteiger partial charge in [-0.2, -0.15) is 0 Å². The van der Waals surface area contributed by atoms with Crippen molar-refractivity contribution in [3.8, 4) is 0 Å². The van der Waals surface area contributed by atoms with Crippen LogP contribution in [0.25, 0.3) is 0 Å². The van der Waals surface area contributed by atoms with Crippen molar-refractivity contribution in [2.24, 2.45) is 11.7 Å². The molecule has 5 heteroatoms. The highest BCUT2D eigenvalue weighted by molar-refractivity contribution is 5.94. The maximum absolute atomic E-state index is 13.3. The van der Waals surface area contributed by atoms with Gasteiger partial charge in [0.2, 0.25) is 0 Å². The summed E-state index contributed by atoms with van der Waals surface area (Å²) >= 11 is 0. The third-order valence-electron chi connectivity index (χ3n) is 3.15. The van der Waals surface area contributed by atoms with E-state index >= 15 is 0 Å². The first-order valence-corrected chi connectivity index (χ1v) is 5.80. The molecular weight excluding hydrogens is 221 g/mol. The second-order valence-electron chi connectivity index (χ2n) is 4.50. The molecule has 1 aromatic heterocycles. The number of aromatic nitrogens is 1. The molecule has 1 fully saturated rings. The fourth-order valence-electron chi connectivity index (χ4n) is 2.19. The number of rotatable bonds is 3. The lowest BCUT2D eigenvalue weighted by atomic mass is 10.1. The van der Waals surface area contributed by atoms with Gasteiger partial charge in [0, 0.05) is 18.8 Å². The molecule has 3 N–H and O–H groups in total. The van der Waals surface area contributed by atoms with Crippen molar-refractivity contribution in [3.05, 3.63) is 29.8 Å². The first-order valence-electron chi connectivity index (χ1n) is 5.80. The molecule has 4 nitrogen and oxygen atoms in total. The van der Waals surface area contributed by atoms with Gasteiger partial charge in [0.1, 0.15) is 0 Å². The summed E-state index contributed by atoms with van der Waals surface area (Å²) < 4.78 is 13.3. The molecule has 0 saturated heterocycles. The van der Waals surface area contributed by atoms with Gasteiger partial charge in [-0.25, -0.2) is 4.39 Å². The molecule has 0 spiro atoms. The predicted molar refractivity (Wildman–Crippen MR) is 61.8 cm³/mol. The standard InChI is InChI=1S/C12H16FN3O/c13-11-7-15-4-3-10(11)12(17)16-6-8-1-2-9(14)5-8/h3-4,7-9H,1-2,5-6,14H2,(H,16,17). The average Bonchev–Trinajstić information content (AvgIpc) is 2.73. The zero-order valence-corrected chi connectivity index (χ0v) is 9.53. The number of nitrogens with zero attached hydrogens (tertiary/aromatic N) is 1. The number of amides is 1. The molecule has 1 saturated carbocycles. The number of halogens is 1. The number of pyridine rings is 1. The maximum Gasteiger partial charge on any atom is 0.254 e. The Morgan fingerprint density at radius 1 is 1.59 bits per heavy atom. The van der Waals surface area contributed by atoms with Gasteiger partial charge in [-0.1, -0.05) is 0 Å². The van der Waals surface area contributed by atoms with Gasteiger partial charge in [0.15, 0.2) is 5.82 Å². The third kappa shape index (κ3) is 3.00. The molecule has 92 valence electrons. The Morgan fingerprint density at radius 2 is 2.41 bits per heavy atom. The molecule has 0 aromatic carbocycles. The predicted octanol–water partition coefficient (Wildman–Crippen LogP) is 1.08. The lowest BCUT2D eigenvalue weighted by Crippen LogP contribution is -2.29. The number of carbonyl (C=O) groups excluding carboxylic acids is 1. The molecule has 2 atom stereocenters. The summed E-state index contributed by atoms with van der Waals surface area (Å²) in [5, 5.41) is 2.74. The monoisotopic (exact) mass is 237 g/mol. The lowest BCUT2D eigenvalue weighted by molar-refractivity contribution is 0.0943. The van der Waals surface area contributed by atoms with Crippen molar-refractivity contribution in [1.82, 2.24) is 10.3 Å². The fourth-order valence-corrected chi connectivity index (χ4v) is 2.19. The van der Waals surface area contributed by atoms with Gasteiger partial charge in [0.25, 0.3) is 5.91 Å². The minimum Gasteiger partial charge on any atom is -0.352 e. The molecule has 2 rings (SSSR count). The number of hydrogen-bond acceptors (Lipinski definition) is 3. The van der Waals surface area contributed by atoms with Crippen LogP contribution >= 0.6 is 0 Å². The molecule has 17 heavy (non-hydrogen) atoms. The van der Waals surface area contributed by atoms with Crippen LogP contribution in [0.4, 0.5) is 4.39 Å². The highest BCUT2D eigenvalue weighted by Gasteiger charge is 2.22. The molecular formula is C12H16FN3O. The summed E-state index contributed by atoms with van der Waals surface area (Å²) in [7, 11) is 0. The van der Waals surface area contributed by atoms with Crippen LogP contribution in [-0.2, 0) is 0 Å². The van der Waals surface area contributed by atoms with E-state index in [1.54, 1.807) is 0 Å². The first kappa shape index (κ1) is 12.0. The van der Waals surface area contributed by atoms with Crippen LogP contribution < -0.4 is 11.1 Å². The van der Waals surface area contributed by atoms with Crippen LogP contribution in [-0.4, -0.2) is 23.5 Å². The van der Waals surface area contributed by atoms with E-state index in [1.807, 2.05) is 0 Å². The van der Waals surface area contributed by atoms with Crippen LogP contribution in [0.15, 0.2) is 18.5 Å². The normalized spacial score (nSPS) is 23.6. The Kier molecular flexibility index (Phi) is 3.68. The molecule has 1 aliphatic rings. The molecule has 1 heterocycles. The van der Waals surface area contributed by atoms with E-state index in [9.17, 15) is 9.18 Å². The number of nitrogens with two attached hydrogens (primary N) is 1. The number of carbonyl (C=O) groups is 1. The van der Waals surface area contributed by atoms with Crippen LogP contribution in [0, 0.1) is 11.7 Å². The van der Waals surface area contributed by atoms with E-state index in [4.69, 9.17) is 5.73 Å². The summed E-state index contributed by atoms with van der Waals surface area (Å²) in [6, 6.07) is 1.62.